The maximum atomic E-state index is 12.6. The molecule has 0 aliphatic carbocycles. The van der Waals surface area contributed by atoms with Crippen LogP contribution in [0.15, 0.2) is 54.9 Å². The second-order valence-electron chi connectivity index (χ2n) is 6.82. The smallest absolute Gasteiger partial charge is 0.361 e. The molecule has 1 amide bonds. The van der Waals surface area contributed by atoms with Gasteiger partial charge in [0.25, 0.3) is 5.91 Å². The van der Waals surface area contributed by atoms with Gasteiger partial charge in [0.05, 0.1) is 0 Å². The molecule has 8 heteroatoms. The zero-order valence-corrected chi connectivity index (χ0v) is 16.6. The number of benzene rings is 2. The number of amides is 1. The molecule has 0 fully saturated rings. The number of ether oxygens (including phenoxy) is 1. The molecule has 0 unspecified atom stereocenters. The van der Waals surface area contributed by atoms with E-state index >= 15 is 0 Å². The number of carbonyl (C=O) groups excluding carboxylic acids is 2. The number of aromatic nitrogens is 3. The zero-order valence-electron chi connectivity index (χ0n) is 16.6. The second-order valence-corrected chi connectivity index (χ2v) is 6.82. The van der Waals surface area contributed by atoms with Gasteiger partial charge in [-0.2, -0.15) is 0 Å². The predicted molar refractivity (Wildman–Crippen MR) is 115 cm³/mol. The molecule has 4 rings (SSSR count). The van der Waals surface area contributed by atoms with Crippen LogP contribution in [0, 0.1) is 0 Å². The van der Waals surface area contributed by atoms with E-state index in [1.165, 1.54) is 19.3 Å². The second kappa shape index (κ2) is 7.82. The number of esters is 1. The summed E-state index contributed by atoms with van der Waals surface area (Å²) in [5, 5.41) is 4.96. The summed E-state index contributed by atoms with van der Waals surface area (Å²) in [6.45, 7) is 4.43. The Labute approximate surface area is 172 Å². The normalized spacial score (nSPS) is 12.1. The van der Waals surface area contributed by atoms with Crippen LogP contribution in [0.3, 0.4) is 0 Å². The first-order valence-corrected chi connectivity index (χ1v) is 9.59. The van der Waals surface area contributed by atoms with Crippen LogP contribution in [0.5, 0.6) is 0 Å². The summed E-state index contributed by atoms with van der Waals surface area (Å²) >= 11 is 0. The maximum Gasteiger partial charge on any atom is 0.361 e. The van der Waals surface area contributed by atoms with Crippen molar-refractivity contribution in [2.75, 3.05) is 11.1 Å². The predicted octanol–water partition coefficient (Wildman–Crippen LogP) is 3.37. The third-order valence-electron chi connectivity index (χ3n) is 4.93. The summed E-state index contributed by atoms with van der Waals surface area (Å²) in [6.07, 6.45) is 1.67. The summed E-state index contributed by atoms with van der Waals surface area (Å²) in [5.74, 6) is -1.30. The Morgan fingerprint density at radius 3 is 2.60 bits per heavy atom. The molecule has 30 heavy (non-hydrogen) atoms. The molecule has 4 aromatic rings. The highest BCUT2D eigenvalue weighted by molar-refractivity contribution is 6.10. The van der Waals surface area contributed by atoms with Crippen molar-refractivity contribution in [2.45, 2.75) is 26.5 Å². The summed E-state index contributed by atoms with van der Waals surface area (Å²) in [7, 11) is 0. The van der Waals surface area contributed by atoms with Gasteiger partial charge in [-0.3, -0.25) is 4.79 Å². The minimum Gasteiger partial charge on any atom is -0.448 e. The molecule has 3 N–H and O–H groups in total. The molecular weight excluding hydrogens is 382 g/mol. The average molecular weight is 403 g/mol. The fourth-order valence-corrected chi connectivity index (χ4v) is 3.49. The number of rotatable bonds is 5. The Morgan fingerprint density at radius 2 is 1.83 bits per heavy atom. The van der Waals surface area contributed by atoms with Gasteiger partial charge in [0.15, 0.2) is 17.6 Å². The van der Waals surface area contributed by atoms with Gasteiger partial charge in [0.2, 0.25) is 0 Å². The van der Waals surface area contributed by atoms with E-state index < -0.39 is 18.0 Å². The van der Waals surface area contributed by atoms with Gasteiger partial charge in [-0.15, -0.1) is 0 Å². The third-order valence-corrected chi connectivity index (χ3v) is 4.93. The highest BCUT2D eigenvalue weighted by atomic mass is 16.5. The highest BCUT2D eigenvalue weighted by Gasteiger charge is 2.22. The lowest BCUT2D eigenvalue weighted by atomic mass is 10.1. The van der Waals surface area contributed by atoms with Crippen LogP contribution in [0.1, 0.15) is 24.3 Å². The zero-order chi connectivity index (χ0) is 21.3. The molecule has 0 aliphatic heterocycles. The van der Waals surface area contributed by atoms with Crippen molar-refractivity contribution in [3.63, 3.8) is 0 Å². The first-order valence-electron chi connectivity index (χ1n) is 9.59. The quantitative estimate of drug-likeness (QED) is 0.494. The van der Waals surface area contributed by atoms with E-state index in [-0.39, 0.29) is 11.5 Å². The topological polar surface area (TPSA) is 112 Å². The Bertz CT molecular complexity index is 1260. The lowest BCUT2D eigenvalue weighted by Gasteiger charge is -2.14. The van der Waals surface area contributed by atoms with Gasteiger partial charge < -0.3 is 20.4 Å². The van der Waals surface area contributed by atoms with Crippen molar-refractivity contribution in [1.29, 1.82) is 0 Å². The van der Waals surface area contributed by atoms with Crippen LogP contribution in [0.2, 0.25) is 0 Å². The molecule has 0 spiro atoms. The molecule has 0 radical (unpaired) electrons. The summed E-state index contributed by atoms with van der Waals surface area (Å²) in [6, 6.07) is 13.9. The van der Waals surface area contributed by atoms with E-state index in [9.17, 15) is 9.59 Å². The van der Waals surface area contributed by atoms with Crippen molar-refractivity contribution in [3.05, 3.63) is 60.6 Å². The first kappa shape index (κ1) is 19.4. The van der Waals surface area contributed by atoms with E-state index in [2.05, 4.69) is 38.9 Å². The summed E-state index contributed by atoms with van der Waals surface area (Å²) in [5.41, 5.74) is 8.36. The third kappa shape index (κ3) is 3.43. The van der Waals surface area contributed by atoms with Gasteiger partial charge in [0, 0.05) is 46.4 Å². The van der Waals surface area contributed by atoms with E-state index in [1.54, 1.807) is 0 Å². The molecule has 0 aliphatic rings. The molecule has 2 heterocycles. The summed E-state index contributed by atoms with van der Waals surface area (Å²) < 4.78 is 7.42. The fraction of sp³-hybridized carbons (Fsp3) is 0.182. The van der Waals surface area contributed by atoms with Gasteiger partial charge in [-0.05, 0) is 38.1 Å². The van der Waals surface area contributed by atoms with Crippen molar-refractivity contribution >= 4 is 45.2 Å². The molecule has 152 valence electrons. The minimum atomic E-state index is -1.04. The van der Waals surface area contributed by atoms with Gasteiger partial charge >= 0.3 is 5.97 Å². The average Bonchev–Trinajstić information content (AvgIpc) is 3.07. The molecule has 0 saturated carbocycles. The molecule has 1 atom stereocenters. The SMILES string of the molecule is CCn1c2ccccc2c2cc(NC(=O)[C@@H](C)OC(=O)c3nccnc3N)ccc21. The molecule has 0 saturated heterocycles. The van der Waals surface area contributed by atoms with Gasteiger partial charge in [0.1, 0.15) is 0 Å². The standard InChI is InChI=1S/C22H21N5O3/c1-3-27-17-7-5-4-6-15(17)16-12-14(8-9-18(16)27)26-21(28)13(2)30-22(29)19-20(23)25-11-10-24-19/h4-13H,3H2,1-2H3,(H2,23,25)(H,26,28)/t13-/m1/s1. The van der Waals surface area contributed by atoms with Crippen molar-refractivity contribution in [3.8, 4) is 0 Å². The highest BCUT2D eigenvalue weighted by Crippen LogP contribution is 2.31. The van der Waals surface area contributed by atoms with Crippen molar-refractivity contribution < 1.29 is 14.3 Å². The molecule has 2 aromatic heterocycles. The monoisotopic (exact) mass is 403 g/mol. The number of nitrogens with two attached hydrogens (primary N) is 1. The molecule has 8 nitrogen and oxygen atoms in total. The number of aryl methyl sites for hydroxylation is 1. The van der Waals surface area contributed by atoms with Crippen LogP contribution in [-0.4, -0.2) is 32.5 Å². The molecule has 0 bridgehead atoms. The van der Waals surface area contributed by atoms with E-state index in [4.69, 9.17) is 10.5 Å². The number of nitrogens with zero attached hydrogens (tertiary/aromatic N) is 3. The maximum absolute atomic E-state index is 12.6. The van der Waals surface area contributed by atoms with Crippen LogP contribution in [0.25, 0.3) is 21.8 Å². The number of fused-ring (bicyclic) bond motifs is 3. The van der Waals surface area contributed by atoms with E-state index in [0.29, 0.717) is 5.69 Å². The first-order chi connectivity index (χ1) is 14.5. The number of carbonyl (C=O) groups is 2. The largest absolute Gasteiger partial charge is 0.448 e. The Morgan fingerprint density at radius 1 is 1.10 bits per heavy atom. The van der Waals surface area contributed by atoms with E-state index in [0.717, 1.165) is 28.4 Å². The molecular formula is C22H21N5O3. The van der Waals surface area contributed by atoms with Crippen molar-refractivity contribution in [2.24, 2.45) is 0 Å². The van der Waals surface area contributed by atoms with Crippen LogP contribution in [0.4, 0.5) is 11.5 Å². The lowest BCUT2D eigenvalue weighted by Crippen LogP contribution is -2.30. The van der Waals surface area contributed by atoms with E-state index in [1.807, 2.05) is 30.3 Å². The molecule has 2 aromatic carbocycles. The van der Waals surface area contributed by atoms with Crippen molar-refractivity contribution in [1.82, 2.24) is 14.5 Å². The number of nitrogens with one attached hydrogen (secondary N) is 1. The number of hydrogen-bond donors (Lipinski definition) is 2. The van der Waals surface area contributed by atoms with Gasteiger partial charge in [-0.25, -0.2) is 14.8 Å². The minimum absolute atomic E-state index is 0.0483. The van der Waals surface area contributed by atoms with Crippen LogP contribution in [-0.2, 0) is 16.1 Å². The number of para-hydroxylation sites is 1. The lowest BCUT2D eigenvalue weighted by molar-refractivity contribution is -0.123. The van der Waals surface area contributed by atoms with Crippen LogP contribution >= 0.6 is 0 Å². The van der Waals surface area contributed by atoms with Gasteiger partial charge in [-0.1, -0.05) is 18.2 Å². The summed E-state index contributed by atoms with van der Waals surface area (Å²) in [4.78, 5) is 32.4. The number of nitrogen functional groups attached to an aromatic ring is 1. The number of anilines is 2. The van der Waals surface area contributed by atoms with Crippen LogP contribution < -0.4 is 11.1 Å². The Balaban J connectivity index is 1.55. The Hall–Kier alpha value is -3.94. The fourth-order valence-electron chi connectivity index (χ4n) is 3.49. The Kier molecular flexibility index (Phi) is 5.05. The number of hydrogen-bond acceptors (Lipinski definition) is 6.